The molecule has 0 saturated heterocycles. The lowest BCUT2D eigenvalue weighted by Crippen LogP contribution is -2.58. The lowest BCUT2D eigenvalue weighted by molar-refractivity contribution is -0.189. The molecule has 4 saturated carbocycles. The molecular weight excluding hydrogens is 266 g/mol. The van der Waals surface area contributed by atoms with Crippen molar-refractivity contribution in [1.82, 2.24) is 5.32 Å². The van der Waals surface area contributed by atoms with Crippen LogP contribution in [0.3, 0.4) is 0 Å². The first kappa shape index (κ1) is 16.6. The van der Waals surface area contributed by atoms with Crippen LogP contribution in [0.1, 0.15) is 72.1 Å². The molecule has 1 amide bonds. The lowest BCUT2D eigenvalue weighted by atomic mass is 9.44. The summed E-state index contributed by atoms with van der Waals surface area (Å²) in [6, 6.07) is 0. The molecule has 0 aromatic heterocycles. The highest BCUT2D eigenvalue weighted by molar-refractivity contribution is 5.64. The first-order valence-corrected chi connectivity index (χ1v) is 8.37. The first-order chi connectivity index (χ1) is 9.68. The van der Waals surface area contributed by atoms with Crippen molar-refractivity contribution < 1.29 is 15.0 Å². The molecule has 4 nitrogen and oxygen atoms in total. The summed E-state index contributed by atoms with van der Waals surface area (Å²) in [4.78, 5) is 9.76. The van der Waals surface area contributed by atoms with Crippen molar-refractivity contribution in [3.63, 3.8) is 0 Å². The Morgan fingerprint density at radius 3 is 2.10 bits per heavy atom. The first-order valence-electron chi connectivity index (χ1n) is 8.37. The maximum atomic E-state index is 10.4. The van der Waals surface area contributed by atoms with Crippen LogP contribution in [0.4, 0.5) is 4.79 Å². The fourth-order valence-corrected chi connectivity index (χ4v) is 5.76. The van der Waals surface area contributed by atoms with Crippen molar-refractivity contribution in [3.05, 3.63) is 0 Å². The predicted octanol–water partition coefficient (Wildman–Crippen LogP) is 3.78. The second kappa shape index (κ2) is 5.79. The number of hydrogen-bond acceptors (Lipinski definition) is 2. The molecule has 0 aromatic carbocycles. The fraction of sp³-hybridized carbons (Fsp3) is 0.941. The Kier molecular flexibility index (Phi) is 4.57. The fourth-order valence-electron chi connectivity index (χ4n) is 5.76. The van der Waals surface area contributed by atoms with Crippen molar-refractivity contribution in [2.45, 2.75) is 77.7 Å². The number of carbonyl (C=O) groups is 1. The molecule has 2 atom stereocenters. The smallest absolute Gasteiger partial charge is 0.404 e. The van der Waals surface area contributed by atoms with Gasteiger partial charge in [0.05, 0.1) is 5.60 Å². The van der Waals surface area contributed by atoms with Gasteiger partial charge in [0.2, 0.25) is 0 Å². The van der Waals surface area contributed by atoms with Gasteiger partial charge in [-0.15, -0.1) is 0 Å². The van der Waals surface area contributed by atoms with Gasteiger partial charge in [-0.1, -0.05) is 27.2 Å². The summed E-state index contributed by atoms with van der Waals surface area (Å²) in [6.07, 6.45) is 8.39. The zero-order chi connectivity index (χ0) is 15.7. The monoisotopic (exact) mass is 297 g/mol. The predicted molar refractivity (Wildman–Crippen MR) is 83.3 cm³/mol. The Bertz CT molecular complexity index is 345. The Morgan fingerprint density at radius 2 is 1.71 bits per heavy atom. The highest BCUT2D eigenvalue weighted by Crippen LogP contribution is 2.66. The molecule has 4 fully saturated rings. The van der Waals surface area contributed by atoms with Crippen molar-refractivity contribution >= 4 is 6.09 Å². The Labute approximate surface area is 128 Å². The van der Waals surface area contributed by atoms with Gasteiger partial charge in [-0.25, -0.2) is 4.79 Å². The van der Waals surface area contributed by atoms with E-state index < -0.39 is 6.09 Å². The van der Waals surface area contributed by atoms with Crippen LogP contribution < -0.4 is 5.32 Å². The van der Waals surface area contributed by atoms with Crippen LogP contribution in [0, 0.1) is 16.7 Å². The second-order valence-electron chi connectivity index (χ2n) is 8.44. The lowest BCUT2D eigenvalue weighted by Gasteiger charge is -2.63. The Hall–Kier alpha value is -0.770. The van der Waals surface area contributed by atoms with Gasteiger partial charge in [0.15, 0.2) is 0 Å². The minimum atomic E-state index is -0.932. The maximum absolute atomic E-state index is 10.4. The third-order valence-electron chi connectivity index (χ3n) is 5.40. The van der Waals surface area contributed by atoms with E-state index in [-0.39, 0.29) is 5.60 Å². The third-order valence-corrected chi connectivity index (χ3v) is 5.40. The number of unbranched alkanes of at least 4 members (excludes halogenated alkanes) is 1. The molecular formula is C17H31NO3. The van der Waals surface area contributed by atoms with E-state index in [1.807, 2.05) is 6.92 Å². The molecule has 0 aromatic rings. The molecule has 0 spiro atoms. The van der Waals surface area contributed by atoms with Crippen molar-refractivity contribution in [2.24, 2.45) is 16.7 Å². The maximum Gasteiger partial charge on any atom is 0.404 e. The van der Waals surface area contributed by atoms with E-state index in [0.29, 0.717) is 17.4 Å². The average Bonchev–Trinajstić information content (AvgIpc) is 2.22. The van der Waals surface area contributed by atoms with E-state index in [2.05, 4.69) is 19.2 Å². The molecule has 4 bridgehead atoms. The number of hydrogen-bond donors (Lipinski definition) is 3. The van der Waals surface area contributed by atoms with Crippen LogP contribution in [0.15, 0.2) is 0 Å². The van der Waals surface area contributed by atoms with Crippen molar-refractivity contribution in [2.75, 3.05) is 6.54 Å². The van der Waals surface area contributed by atoms with Gasteiger partial charge in [0.1, 0.15) is 0 Å². The average molecular weight is 297 g/mol. The molecule has 4 rings (SSSR count). The number of rotatable bonds is 3. The van der Waals surface area contributed by atoms with Gasteiger partial charge in [-0.2, -0.15) is 0 Å². The van der Waals surface area contributed by atoms with Crippen molar-refractivity contribution in [3.8, 4) is 0 Å². The summed E-state index contributed by atoms with van der Waals surface area (Å²) >= 11 is 0. The molecule has 3 N–H and O–H groups in total. The summed E-state index contributed by atoms with van der Waals surface area (Å²) in [6.45, 7) is 7.37. The molecule has 122 valence electrons. The second-order valence-corrected chi connectivity index (χ2v) is 8.44. The number of carboxylic acid groups (broad SMARTS) is 1. The normalized spacial score (nSPS) is 43.1. The SMILES string of the molecule is CC12CC3CC(C)(C1)CC(O)(C3)C2.CCCCNC(=O)O. The topological polar surface area (TPSA) is 69.6 Å². The molecule has 0 aliphatic heterocycles. The summed E-state index contributed by atoms with van der Waals surface area (Å²) < 4.78 is 0. The number of amides is 1. The standard InChI is InChI=1S/C12H20O.C5H11NO2/c1-10-3-9-4-11(2,6-10)8-12(13,5-9)7-10;1-2-3-4-6-5(7)8/h9,13H,3-8H2,1-2H3;6H,2-4H2,1H3,(H,7,8). The van der Waals surface area contributed by atoms with Crippen LogP contribution in [0.5, 0.6) is 0 Å². The number of nitrogens with one attached hydrogen (secondary N) is 1. The van der Waals surface area contributed by atoms with E-state index >= 15 is 0 Å². The molecule has 0 radical (unpaired) electrons. The molecule has 4 aliphatic rings. The van der Waals surface area contributed by atoms with Gasteiger partial charge in [-0.3, -0.25) is 0 Å². The Morgan fingerprint density at radius 1 is 1.14 bits per heavy atom. The van der Waals surface area contributed by atoms with Crippen molar-refractivity contribution in [1.29, 1.82) is 0 Å². The summed E-state index contributed by atoms with van der Waals surface area (Å²) in [5, 5.41) is 20.7. The highest BCUT2D eigenvalue weighted by atomic mass is 16.4. The Balaban J connectivity index is 0.000000177. The van der Waals surface area contributed by atoms with Crippen LogP contribution in [0.2, 0.25) is 0 Å². The van der Waals surface area contributed by atoms with E-state index in [4.69, 9.17) is 5.11 Å². The summed E-state index contributed by atoms with van der Waals surface area (Å²) in [5.74, 6) is 0.830. The summed E-state index contributed by atoms with van der Waals surface area (Å²) in [5.41, 5.74) is 0.675. The molecule has 4 heteroatoms. The van der Waals surface area contributed by atoms with E-state index in [1.54, 1.807) is 0 Å². The number of aliphatic hydroxyl groups is 1. The van der Waals surface area contributed by atoms with Gasteiger partial charge in [0.25, 0.3) is 0 Å². The zero-order valence-corrected chi connectivity index (χ0v) is 13.7. The van der Waals surface area contributed by atoms with Gasteiger partial charge in [0, 0.05) is 6.54 Å². The quantitative estimate of drug-likeness (QED) is 0.694. The molecule has 0 heterocycles. The van der Waals surface area contributed by atoms with Crippen LogP contribution in [0.25, 0.3) is 0 Å². The third kappa shape index (κ3) is 4.12. The minimum Gasteiger partial charge on any atom is -0.465 e. The molecule has 21 heavy (non-hydrogen) atoms. The minimum absolute atomic E-state index is 0.275. The van der Waals surface area contributed by atoms with Gasteiger partial charge >= 0.3 is 6.09 Å². The van der Waals surface area contributed by atoms with Gasteiger partial charge < -0.3 is 15.5 Å². The van der Waals surface area contributed by atoms with E-state index in [9.17, 15) is 9.90 Å². The largest absolute Gasteiger partial charge is 0.465 e. The van der Waals surface area contributed by atoms with E-state index in [0.717, 1.165) is 38.0 Å². The molecule has 4 aliphatic carbocycles. The highest BCUT2D eigenvalue weighted by Gasteiger charge is 2.59. The van der Waals surface area contributed by atoms with Crippen LogP contribution in [-0.2, 0) is 0 Å². The van der Waals surface area contributed by atoms with Crippen LogP contribution >= 0.6 is 0 Å². The zero-order valence-electron chi connectivity index (χ0n) is 13.7. The van der Waals surface area contributed by atoms with Crippen LogP contribution in [-0.4, -0.2) is 28.5 Å². The van der Waals surface area contributed by atoms with E-state index in [1.165, 1.54) is 19.3 Å². The van der Waals surface area contributed by atoms with Gasteiger partial charge in [-0.05, 0) is 61.7 Å². The summed E-state index contributed by atoms with van der Waals surface area (Å²) in [7, 11) is 0. The molecule has 2 unspecified atom stereocenters.